The number of carbonyl (C=O) groups is 4. The quantitative estimate of drug-likeness (QED) is 0.113. The summed E-state index contributed by atoms with van der Waals surface area (Å²) in [5.41, 5.74) is 4.45. The zero-order valence-electron chi connectivity index (χ0n) is 27.2. The molecule has 0 aromatic heterocycles. The number of hydrogen-bond donors (Lipinski definition) is 4. The first-order valence-electron chi connectivity index (χ1n) is 15.7. The van der Waals surface area contributed by atoms with Gasteiger partial charge >= 0.3 is 18.2 Å². The van der Waals surface area contributed by atoms with E-state index in [-0.39, 0.29) is 31.1 Å². The molecule has 0 saturated heterocycles. The van der Waals surface area contributed by atoms with Crippen LogP contribution in [0.2, 0.25) is 0 Å². The number of fused-ring (bicyclic) bond motifs is 3. The normalized spacial score (nSPS) is 13.4. The summed E-state index contributed by atoms with van der Waals surface area (Å²) in [7, 11) is 1.22. The molecule has 0 bridgehead atoms. The molecule has 3 aromatic rings. The highest BCUT2D eigenvalue weighted by atomic mass is 16.6. The van der Waals surface area contributed by atoms with Crippen LogP contribution in [0.3, 0.4) is 0 Å². The summed E-state index contributed by atoms with van der Waals surface area (Å²) >= 11 is 0. The number of phenolic OH excluding ortho intramolecular Hbond substituents is 1. The number of phenols is 1. The van der Waals surface area contributed by atoms with Crippen molar-refractivity contribution in [3.05, 3.63) is 89.5 Å². The van der Waals surface area contributed by atoms with E-state index in [1.54, 1.807) is 32.9 Å². The van der Waals surface area contributed by atoms with Crippen LogP contribution in [0.25, 0.3) is 11.1 Å². The molecule has 4 N–H and O–H groups in total. The van der Waals surface area contributed by atoms with E-state index in [2.05, 4.69) is 40.2 Å². The predicted molar refractivity (Wildman–Crippen MR) is 176 cm³/mol. The van der Waals surface area contributed by atoms with Gasteiger partial charge in [-0.25, -0.2) is 14.4 Å². The fourth-order valence-corrected chi connectivity index (χ4v) is 5.51. The molecule has 3 amide bonds. The van der Waals surface area contributed by atoms with Crippen molar-refractivity contribution in [3.63, 3.8) is 0 Å². The largest absolute Gasteiger partial charge is 0.508 e. The van der Waals surface area contributed by atoms with Crippen molar-refractivity contribution in [1.82, 2.24) is 16.0 Å². The first-order chi connectivity index (χ1) is 22.4. The van der Waals surface area contributed by atoms with Crippen molar-refractivity contribution >= 4 is 24.1 Å². The van der Waals surface area contributed by atoms with E-state index >= 15 is 0 Å². The molecule has 0 unspecified atom stereocenters. The molecule has 0 aliphatic heterocycles. The summed E-state index contributed by atoms with van der Waals surface area (Å²) in [5.74, 6) is -1.22. The van der Waals surface area contributed by atoms with Gasteiger partial charge in [0.25, 0.3) is 0 Å². The summed E-state index contributed by atoms with van der Waals surface area (Å²) in [4.78, 5) is 51.0. The second-order valence-electron chi connectivity index (χ2n) is 12.4. The van der Waals surface area contributed by atoms with Gasteiger partial charge in [-0.15, -0.1) is 0 Å². The van der Waals surface area contributed by atoms with Crippen molar-refractivity contribution in [2.45, 2.75) is 70.1 Å². The molecule has 11 heteroatoms. The molecular formula is C36H43N3O8. The molecule has 1 aliphatic carbocycles. The van der Waals surface area contributed by atoms with Gasteiger partial charge in [-0.1, -0.05) is 60.7 Å². The Balaban J connectivity index is 1.29. The van der Waals surface area contributed by atoms with Gasteiger partial charge in [0.2, 0.25) is 5.91 Å². The average Bonchev–Trinajstić information content (AvgIpc) is 3.36. The van der Waals surface area contributed by atoms with Crippen molar-refractivity contribution in [3.8, 4) is 16.9 Å². The Labute approximate surface area is 275 Å². The van der Waals surface area contributed by atoms with Gasteiger partial charge < -0.3 is 35.3 Å². The molecule has 11 nitrogen and oxygen atoms in total. The SMILES string of the molecule is COC(=O)[C@H](Cc1ccc(O)cc1)NC(=O)[C@H](CCCCNC(=O)OCC1c2ccccc2-c2ccccc21)NC(=O)OC(C)(C)C. The number of amides is 3. The number of carbonyl (C=O) groups excluding carboxylic acids is 4. The van der Waals surface area contributed by atoms with Crippen LogP contribution in [-0.2, 0) is 30.2 Å². The zero-order valence-corrected chi connectivity index (χ0v) is 27.2. The molecular weight excluding hydrogens is 602 g/mol. The van der Waals surface area contributed by atoms with Crippen LogP contribution in [-0.4, -0.2) is 67.1 Å². The maximum Gasteiger partial charge on any atom is 0.408 e. The molecule has 0 radical (unpaired) electrons. The van der Waals surface area contributed by atoms with Crippen molar-refractivity contribution in [2.75, 3.05) is 20.3 Å². The number of esters is 1. The van der Waals surface area contributed by atoms with Gasteiger partial charge in [0, 0.05) is 18.9 Å². The number of methoxy groups -OCH3 is 1. The molecule has 0 saturated carbocycles. The van der Waals surface area contributed by atoms with E-state index in [9.17, 15) is 24.3 Å². The van der Waals surface area contributed by atoms with Crippen LogP contribution >= 0.6 is 0 Å². The lowest BCUT2D eigenvalue weighted by molar-refractivity contribution is -0.145. The summed E-state index contributed by atoms with van der Waals surface area (Å²) in [6.45, 7) is 5.63. The third-order valence-electron chi connectivity index (χ3n) is 7.72. The number of nitrogens with one attached hydrogen (secondary N) is 3. The first kappa shape index (κ1) is 34.8. The van der Waals surface area contributed by atoms with Crippen LogP contribution in [0.5, 0.6) is 5.75 Å². The third-order valence-corrected chi connectivity index (χ3v) is 7.72. The fraction of sp³-hybridized carbons (Fsp3) is 0.389. The Bertz CT molecular complexity index is 1500. The Hall–Kier alpha value is -5.06. The Morgan fingerprint density at radius 1 is 0.809 bits per heavy atom. The molecule has 0 fully saturated rings. The highest BCUT2D eigenvalue weighted by Gasteiger charge is 2.30. The van der Waals surface area contributed by atoms with Gasteiger partial charge in [0.15, 0.2) is 0 Å². The minimum atomic E-state index is -1.03. The molecule has 1 aliphatic rings. The predicted octanol–water partition coefficient (Wildman–Crippen LogP) is 5.19. The van der Waals surface area contributed by atoms with Crippen LogP contribution in [0, 0.1) is 0 Å². The number of unbranched alkanes of at least 4 members (excludes halogenated alkanes) is 1. The molecule has 0 spiro atoms. The smallest absolute Gasteiger partial charge is 0.408 e. The second-order valence-corrected chi connectivity index (χ2v) is 12.4. The highest BCUT2D eigenvalue weighted by Crippen LogP contribution is 2.44. The van der Waals surface area contributed by atoms with E-state index in [0.29, 0.717) is 24.9 Å². The van der Waals surface area contributed by atoms with Crippen molar-refractivity contribution < 1.29 is 38.5 Å². The lowest BCUT2D eigenvalue weighted by Gasteiger charge is -2.25. The number of benzene rings is 3. The summed E-state index contributed by atoms with van der Waals surface area (Å²) in [6.07, 6.45) is -0.0336. The average molecular weight is 646 g/mol. The lowest BCUT2D eigenvalue weighted by atomic mass is 9.98. The zero-order chi connectivity index (χ0) is 34.0. The molecule has 2 atom stereocenters. The van der Waals surface area contributed by atoms with E-state index < -0.39 is 41.7 Å². The van der Waals surface area contributed by atoms with Crippen LogP contribution < -0.4 is 16.0 Å². The van der Waals surface area contributed by atoms with Crippen molar-refractivity contribution in [1.29, 1.82) is 0 Å². The minimum Gasteiger partial charge on any atom is -0.508 e. The monoisotopic (exact) mass is 645 g/mol. The topological polar surface area (TPSA) is 152 Å². The number of hydrogen-bond acceptors (Lipinski definition) is 8. The van der Waals surface area contributed by atoms with Crippen LogP contribution in [0.15, 0.2) is 72.8 Å². The van der Waals surface area contributed by atoms with Gasteiger partial charge in [-0.2, -0.15) is 0 Å². The Morgan fingerprint density at radius 2 is 1.43 bits per heavy atom. The minimum absolute atomic E-state index is 0.0470. The number of alkyl carbamates (subject to hydrolysis) is 2. The molecule has 47 heavy (non-hydrogen) atoms. The number of aromatic hydroxyl groups is 1. The van der Waals surface area contributed by atoms with Gasteiger partial charge in [0.05, 0.1) is 7.11 Å². The van der Waals surface area contributed by atoms with E-state index in [4.69, 9.17) is 14.2 Å². The standard InChI is InChI=1S/C36H43N3O8/c1-36(2,3)47-35(44)39-30(32(41)38-31(33(42)45-4)21-23-16-18-24(40)19-17-23)15-9-10-20-37-34(43)46-22-29-27-13-7-5-11-25(27)26-12-6-8-14-28(26)29/h5-8,11-14,16-19,29-31,40H,9-10,15,20-22H2,1-4H3,(H,37,43)(H,38,41)(H,39,44)/t30-,31-/m0/s1. The lowest BCUT2D eigenvalue weighted by Crippen LogP contribution is -2.53. The molecule has 3 aromatic carbocycles. The molecule has 0 heterocycles. The van der Waals surface area contributed by atoms with Gasteiger partial charge in [-0.3, -0.25) is 4.79 Å². The number of ether oxygens (including phenoxy) is 3. The van der Waals surface area contributed by atoms with Crippen LogP contribution in [0.4, 0.5) is 9.59 Å². The maximum atomic E-state index is 13.4. The summed E-state index contributed by atoms with van der Waals surface area (Å²) in [5, 5.41) is 17.6. The molecule has 4 rings (SSSR count). The molecule has 250 valence electrons. The van der Waals surface area contributed by atoms with E-state index in [1.807, 2.05) is 24.3 Å². The number of rotatable bonds is 13. The Morgan fingerprint density at radius 3 is 2.02 bits per heavy atom. The summed E-state index contributed by atoms with van der Waals surface area (Å²) < 4.78 is 15.8. The Kier molecular flexibility index (Phi) is 11.8. The maximum absolute atomic E-state index is 13.4. The van der Waals surface area contributed by atoms with Crippen LogP contribution in [0.1, 0.15) is 62.6 Å². The first-order valence-corrected chi connectivity index (χ1v) is 15.7. The van der Waals surface area contributed by atoms with Crippen molar-refractivity contribution in [2.24, 2.45) is 0 Å². The van der Waals surface area contributed by atoms with Gasteiger partial charge in [0.1, 0.15) is 30.0 Å². The van der Waals surface area contributed by atoms with E-state index in [1.165, 1.54) is 19.2 Å². The fourth-order valence-electron chi connectivity index (χ4n) is 5.51. The highest BCUT2D eigenvalue weighted by molar-refractivity contribution is 5.89. The summed E-state index contributed by atoms with van der Waals surface area (Å²) in [6, 6.07) is 20.4. The van der Waals surface area contributed by atoms with E-state index in [0.717, 1.165) is 22.3 Å². The van der Waals surface area contributed by atoms with Gasteiger partial charge in [-0.05, 0) is 80.0 Å². The third kappa shape index (κ3) is 9.96. The second kappa shape index (κ2) is 16.0.